The van der Waals surface area contributed by atoms with Crippen LogP contribution >= 0.6 is 15.9 Å². The Balaban J connectivity index is 1.57. The lowest BCUT2D eigenvalue weighted by Crippen LogP contribution is -2.50. The maximum absolute atomic E-state index is 14.4. The first-order valence-electron chi connectivity index (χ1n) is 14.4. The zero-order chi connectivity index (χ0) is 31.6. The van der Waals surface area contributed by atoms with Gasteiger partial charge in [-0.2, -0.15) is 0 Å². The van der Waals surface area contributed by atoms with Crippen molar-refractivity contribution in [2.45, 2.75) is 30.9 Å². The van der Waals surface area contributed by atoms with Crippen LogP contribution in [0.1, 0.15) is 34.8 Å². The summed E-state index contributed by atoms with van der Waals surface area (Å²) in [6, 6.07) is 27.9. The van der Waals surface area contributed by atoms with Crippen LogP contribution in [0.4, 0.5) is 10.1 Å². The van der Waals surface area contributed by atoms with Crippen LogP contribution in [0.2, 0.25) is 0 Å². The van der Waals surface area contributed by atoms with Crippen LogP contribution in [0.5, 0.6) is 5.75 Å². The number of hydrogen-bond acceptors (Lipinski definition) is 6. The molecule has 4 aromatic carbocycles. The highest BCUT2D eigenvalue weighted by atomic mass is 79.9. The third kappa shape index (κ3) is 7.51. The molecule has 0 bridgehead atoms. The normalized spacial score (nSPS) is 17.1. The number of aliphatic imine (C=N–C) groups is 1. The molecule has 0 saturated heterocycles. The van der Waals surface area contributed by atoms with Crippen molar-refractivity contribution in [2.75, 3.05) is 19.8 Å². The molecule has 11 heteroatoms. The number of rotatable bonds is 13. The Bertz CT molecular complexity index is 1730. The molecule has 0 unspecified atom stereocenters. The van der Waals surface area contributed by atoms with Gasteiger partial charge >= 0.3 is 0 Å². The fraction of sp³-hybridized carbons (Fsp3) is 0.235. The van der Waals surface area contributed by atoms with Crippen LogP contribution < -0.4 is 10.1 Å². The number of ether oxygens (including phenoxy) is 2. The van der Waals surface area contributed by atoms with Crippen LogP contribution in [-0.2, 0) is 22.4 Å². The third-order valence-corrected chi connectivity index (χ3v) is 8.13. The molecule has 2 N–H and O–H groups in total. The van der Waals surface area contributed by atoms with Crippen LogP contribution in [0, 0.1) is 5.82 Å². The van der Waals surface area contributed by atoms with E-state index in [1.807, 2.05) is 30.3 Å². The number of amides is 1. The summed E-state index contributed by atoms with van der Waals surface area (Å²) < 4.78 is 26.8. The van der Waals surface area contributed by atoms with Gasteiger partial charge in [-0.15, -0.1) is 0 Å². The molecule has 4 aromatic rings. The van der Waals surface area contributed by atoms with E-state index in [0.29, 0.717) is 47.6 Å². The number of aliphatic hydroxyl groups is 1. The molecule has 1 aliphatic rings. The predicted octanol–water partition coefficient (Wildman–Crippen LogP) is 7.15. The van der Waals surface area contributed by atoms with E-state index in [4.69, 9.17) is 19.6 Å². The molecule has 230 valence electrons. The van der Waals surface area contributed by atoms with Gasteiger partial charge in [-0.05, 0) is 65.5 Å². The minimum Gasteiger partial charge on any atom is -0.494 e. The standard InChI is InChI=1S/C34H31BrFN5O4/c35-29-11-3-2-10-28(29)31-34(22-25-8-1-4-12-30(25)40-41-37,33(43)38-18-17-23-7-5-9-26(36)21-23)39-32(45-31)24-13-15-27(16-14-24)44-20-6-19-42/h1-5,7-16,21,31,42H,6,17-20,22H2,(H,38,43)/t31-,34-/m1/s1. The molecule has 1 amide bonds. The zero-order valence-electron chi connectivity index (χ0n) is 24.3. The highest BCUT2D eigenvalue weighted by Gasteiger charge is 2.54. The summed E-state index contributed by atoms with van der Waals surface area (Å²) in [5, 5.41) is 15.9. The van der Waals surface area contributed by atoms with Crippen molar-refractivity contribution in [3.05, 3.63) is 140 Å². The zero-order valence-corrected chi connectivity index (χ0v) is 25.9. The van der Waals surface area contributed by atoms with Gasteiger partial charge in [0.25, 0.3) is 5.91 Å². The lowest BCUT2D eigenvalue weighted by Gasteiger charge is -2.31. The minimum atomic E-state index is -1.52. The van der Waals surface area contributed by atoms with E-state index in [9.17, 15) is 14.7 Å². The topological polar surface area (TPSA) is 129 Å². The van der Waals surface area contributed by atoms with Crippen molar-refractivity contribution in [3.8, 4) is 5.75 Å². The minimum absolute atomic E-state index is 0.0361. The summed E-state index contributed by atoms with van der Waals surface area (Å²) in [5.41, 5.74) is 10.8. The summed E-state index contributed by atoms with van der Waals surface area (Å²) in [7, 11) is 0. The molecule has 0 spiro atoms. The van der Waals surface area contributed by atoms with Gasteiger partial charge in [-0.3, -0.25) is 4.79 Å². The predicted molar refractivity (Wildman–Crippen MR) is 173 cm³/mol. The van der Waals surface area contributed by atoms with Gasteiger partial charge < -0.3 is 19.9 Å². The van der Waals surface area contributed by atoms with Gasteiger partial charge in [0, 0.05) is 52.2 Å². The Kier molecular flexibility index (Phi) is 10.5. The number of carbonyl (C=O) groups is 1. The average molecular weight is 673 g/mol. The second kappa shape index (κ2) is 14.9. The smallest absolute Gasteiger partial charge is 0.252 e. The molecule has 0 aliphatic carbocycles. The van der Waals surface area contributed by atoms with E-state index in [1.54, 1.807) is 54.6 Å². The lowest BCUT2D eigenvalue weighted by molar-refractivity contribution is -0.128. The van der Waals surface area contributed by atoms with Crippen molar-refractivity contribution in [1.29, 1.82) is 0 Å². The van der Waals surface area contributed by atoms with Crippen molar-refractivity contribution < 1.29 is 23.8 Å². The summed E-state index contributed by atoms with van der Waals surface area (Å²) in [5.74, 6) is 0.147. The van der Waals surface area contributed by atoms with Gasteiger partial charge in [0.1, 0.15) is 11.6 Å². The molecule has 5 rings (SSSR count). The van der Waals surface area contributed by atoms with Gasteiger partial charge in [0.05, 0.1) is 6.61 Å². The first kappa shape index (κ1) is 31.7. The number of nitrogens with one attached hydrogen (secondary N) is 1. The molecule has 0 radical (unpaired) electrons. The molecule has 0 fully saturated rings. The number of halogens is 2. The van der Waals surface area contributed by atoms with Crippen LogP contribution in [-0.4, -0.2) is 42.2 Å². The van der Waals surface area contributed by atoms with Gasteiger partial charge in [0.2, 0.25) is 5.90 Å². The molecule has 1 aliphatic heterocycles. The summed E-state index contributed by atoms with van der Waals surface area (Å²) >= 11 is 3.64. The summed E-state index contributed by atoms with van der Waals surface area (Å²) in [4.78, 5) is 22.4. The summed E-state index contributed by atoms with van der Waals surface area (Å²) in [6.45, 7) is 0.644. The molecular formula is C34H31BrFN5O4. The number of carbonyl (C=O) groups excluding carboxylic acids is 1. The largest absolute Gasteiger partial charge is 0.494 e. The van der Waals surface area contributed by atoms with E-state index in [1.165, 1.54) is 12.1 Å². The monoisotopic (exact) mass is 671 g/mol. The maximum atomic E-state index is 14.4. The Hall–Kier alpha value is -4.70. The second-order valence-corrected chi connectivity index (χ2v) is 11.3. The van der Waals surface area contributed by atoms with Crippen molar-refractivity contribution in [1.82, 2.24) is 5.32 Å². The summed E-state index contributed by atoms with van der Waals surface area (Å²) in [6.07, 6.45) is 0.117. The van der Waals surface area contributed by atoms with Crippen molar-refractivity contribution in [3.63, 3.8) is 0 Å². The van der Waals surface area contributed by atoms with Gasteiger partial charge in [0.15, 0.2) is 11.6 Å². The number of aliphatic hydroxyl groups excluding tert-OH is 1. The van der Waals surface area contributed by atoms with E-state index in [0.717, 1.165) is 10.0 Å². The molecule has 9 nitrogen and oxygen atoms in total. The Morgan fingerprint density at radius 3 is 2.62 bits per heavy atom. The second-order valence-electron chi connectivity index (χ2n) is 10.4. The van der Waals surface area contributed by atoms with E-state index < -0.39 is 17.6 Å². The first-order chi connectivity index (χ1) is 21.9. The molecule has 1 heterocycles. The Morgan fingerprint density at radius 2 is 1.87 bits per heavy atom. The molecule has 45 heavy (non-hydrogen) atoms. The molecule has 2 atom stereocenters. The Labute approximate surface area is 268 Å². The number of benzene rings is 4. The molecule has 0 saturated carbocycles. The molecular weight excluding hydrogens is 641 g/mol. The van der Waals surface area contributed by atoms with Crippen LogP contribution in [0.15, 0.2) is 112 Å². The first-order valence-corrected chi connectivity index (χ1v) is 15.2. The number of hydrogen-bond donors (Lipinski definition) is 2. The van der Waals surface area contributed by atoms with E-state index in [-0.39, 0.29) is 31.3 Å². The van der Waals surface area contributed by atoms with Crippen molar-refractivity contribution >= 4 is 33.4 Å². The van der Waals surface area contributed by atoms with Crippen molar-refractivity contribution in [2.24, 2.45) is 10.1 Å². The third-order valence-electron chi connectivity index (χ3n) is 7.41. The van der Waals surface area contributed by atoms with Gasteiger partial charge in [-0.1, -0.05) is 75.6 Å². The highest BCUT2D eigenvalue weighted by molar-refractivity contribution is 9.10. The fourth-order valence-electron chi connectivity index (χ4n) is 5.21. The van der Waals surface area contributed by atoms with E-state index in [2.05, 4.69) is 31.3 Å². The number of nitrogens with zero attached hydrogens (tertiary/aromatic N) is 4. The maximum Gasteiger partial charge on any atom is 0.252 e. The lowest BCUT2D eigenvalue weighted by atomic mass is 9.81. The van der Waals surface area contributed by atoms with Crippen LogP contribution in [0.3, 0.4) is 0 Å². The fourth-order valence-corrected chi connectivity index (χ4v) is 5.70. The van der Waals surface area contributed by atoms with E-state index >= 15 is 0 Å². The molecule has 0 aromatic heterocycles. The van der Waals surface area contributed by atoms with Crippen LogP contribution in [0.25, 0.3) is 10.4 Å². The SMILES string of the molecule is [N-]=[N+]=Nc1ccccc1C[C@@]1(C(=O)NCCc2cccc(F)c2)N=C(c2ccc(OCCCO)cc2)O[C@@H]1c1ccccc1Br. The number of azide groups is 1. The van der Waals surface area contributed by atoms with Gasteiger partial charge in [-0.25, -0.2) is 9.38 Å². The quantitative estimate of drug-likeness (QED) is 0.0677. The average Bonchev–Trinajstić information content (AvgIpc) is 3.43. The highest BCUT2D eigenvalue weighted by Crippen LogP contribution is 2.45. The Morgan fingerprint density at radius 1 is 1.09 bits per heavy atom.